The number of ketones is 2. The summed E-state index contributed by atoms with van der Waals surface area (Å²) in [5.41, 5.74) is 3.47. The molecule has 27 heavy (non-hydrogen) atoms. The topological polar surface area (TPSA) is 34.1 Å². The highest BCUT2D eigenvalue weighted by atomic mass is 16.1. The number of benzene rings is 1. The molecule has 0 N–H and O–H groups in total. The van der Waals surface area contributed by atoms with Gasteiger partial charge < -0.3 is 0 Å². The third-order valence-corrected chi connectivity index (χ3v) is 4.79. The summed E-state index contributed by atoms with van der Waals surface area (Å²) >= 11 is 0. The lowest BCUT2D eigenvalue weighted by Crippen LogP contribution is -2.17. The molecule has 0 amide bonds. The summed E-state index contributed by atoms with van der Waals surface area (Å²) in [6, 6.07) is 8.30. The quantitative estimate of drug-likeness (QED) is 0.403. The maximum Gasteiger partial charge on any atom is 0.136 e. The van der Waals surface area contributed by atoms with Gasteiger partial charge in [0, 0.05) is 25.2 Å². The molecule has 0 aliphatic rings. The van der Waals surface area contributed by atoms with Gasteiger partial charge in [0.2, 0.25) is 0 Å². The molecule has 0 aliphatic carbocycles. The van der Waals surface area contributed by atoms with Crippen LogP contribution in [0.15, 0.2) is 36.4 Å². The molecule has 2 nitrogen and oxygen atoms in total. The van der Waals surface area contributed by atoms with Gasteiger partial charge in [-0.05, 0) is 44.1 Å². The van der Waals surface area contributed by atoms with E-state index in [4.69, 9.17) is 0 Å². The lowest BCUT2D eigenvalue weighted by molar-refractivity contribution is -0.126. The minimum absolute atomic E-state index is 0.0388. The second kappa shape index (κ2) is 13.5. The molecule has 0 aliphatic heterocycles. The Balaban J connectivity index is 0.00000326. The molecular weight excluding hydrogens is 332 g/mol. The fourth-order valence-corrected chi connectivity index (χ4v) is 3.11. The van der Waals surface area contributed by atoms with Crippen LogP contribution in [-0.4, -0.2) is 11.6 Å². The van der Waals surface area contributed by atoms with Gasteiger partial charge in [0.05, 0.1) is 0 Å². The van der Waals surface area contributed by atoms with Gasteiger partial charge in [0.1, 0.15) is 11.6 Å². The van der Waals surface area contributed by atoms with Crippen LogP contribution in [0.3, 0.4) is 0 Å². The molecule has 0 bridgehead atoms. The van der Waals surface area contributed by atoms with E-state index in [1.807, 2.05) is 27.7 Å². The number of rotatable bonds is 11. The monoisotopic (exact) mass is 372 g/mol. The van der Waals surface area contributed by atoms with E-state index in [0.717, 1.165) is 18.4 Å². The fourth-order valence-electron chi connectivity index (χ4n) is 3.11. The second-order valence-electron chi connectivity index (χ2n) is 7.97. The van der Waals surface area contributed by atoms with Crippen LogP contribution in [0.2, 0.25) is 0 Å². The molecular formula is C25H40O2. The van der Waals surface area contributed by atoms with Gasteiger partial charge in [-0.15, -0.1) is 0 Å². The van der Waals surface area contributed by atoms with Crippen LogP contribution in [0, 0.1) is 24.7 Å². The first-order chi connectivity index (χ1) is 12.7. The Morgan fingerprint density at radius 3 is 2.04 bits per heavy atom. The number of allylic oxidation sites excluding steroid dienone is 1. The van der Waals surface area contributed by atoms with Crippen LogP contribution in [0.5, 0.6) is 0 Å². The van der Waals surface area contributed by atoms with Crippen LogP contribution in [0.4, 0.5) is 0 Å². The summed E-state index contributed by atoms with van der Waals surface area (Å²) in [4.78, 5) is 24.6. The van der Waals surface area contributed by atoms with Crippen molar-refractivity contribution in [2.75, 3.05) is 0 Å². The predicted molar refractivity (Wildman–Crippen MR) is 117 cm³/mol. The normalized spacial score (nSPS) is 12.7. The molecule has 152 valence electrons. The molecule has 0 saturated heterocycles. The first kappa shape index (κ1) is 25.3. The average molecular weight is 373 g/mol. The Labute approximate surface area is 167 Å². The third-order valence-electron chi connectivity index (χ3n) is 4.79. The van der Waals surface area contributed by atoms with Crippen molar-refractivity contribution in [3.8, 4) is 0 Å². The molecule has 0 spiro atoms. The van der Waals surface area contributed by atoms with Gasteiger partial charge in [0.25, 0.3) is 0 Å². The molecule has 0 fully saturated rings. The number of carbonyl (C=O) groups excluding carboxylic acids is 2. The Morgan fingerprint density at radius 1 is 1.00 bits per heavy atom. The summed E-state index contributed by atoms with van der Waals surface area (Å²) in [7, 11) is 0. The lowest BCUT2D eigenvalue weighted by Gasteiger charge is -2.18. The van der Waals surface area contributed by atoms with Crippen molar-refractivity contribution < 1.29 is 9.59 Å². The van der Waals surface area contributed by atoms with Crippen molar-refractivity contribution >= 4 is 11.6 Å². The molecule has 0 saturated carbocycles. The minimum atomic E-state index is -0.0388. The molecule has 1 aromatic rings. The molecule has 0 aromatic heterocycles. The van der Waals surface area contributed by atoms with E-state index >= 15 is 0 Å². The summed E-state index contributed by atoms with van der Waals surface area (Å²) in [6.07, 6.45) is 2.97. The SMILES string of the molecule is C=C(C)[C@@H](CC(=O)CCC(=O)[C@@H](C)Cc1ccc(C)cc1)CC(C)C.CC. The third kappa shape index (κ3) is 10.9. The van der Waals surface area contributed by atoms with Crippen molar-refractivity contribution in [3.63, 3.8) is 0 Å². The van der Waals surface area contributed by atoms with E-state index in [2.05, 4.69) is 51.6 Å². The standard InChI is InChI=1S/C23H34O2.C2H6/c1-16(2)13-21(17(3)4)15-22(24)11-12-23(25)19(6)14-20-9-7-18(5)8-10-20;1-2/h7-10,16,19,21H,3,11-15H2,1-2,4-6H3;1-2H3/t19-,21+;/m0./s1. The minimum Gasteiger partial charge on any atom is -0.300 e. The second-order valence-corrected chi connectivity index (χ2v) is 7.97. The first-order valence-electron chi connectivity index (χ1n) is 10.4. The predicted octanol–water partition coefficient (Wildman–Crippen LogP) is 6.75. The van der Waals surface area contributed by atoms with Gasteiger partial charge in [-0.1, -0.05) is 76.6 Å². The maximum atomic E-state index is 12.3. The molecule has 1 aromatic carbocycles. The van der Waals surface area contributed by atoms with Crippen molar-refractivity contribution in [2.24, 2.45) is 17.8 Å². The van der Waals surface area contributed by atoms with Gasteiger partial charge >= 0.3 is 0 Å². The smallest absolute Gasteiger partial charge is 0.136 e. The molecule has 1 rings (SSSR count). The van der Waals surface area contributed by atoms with E-state index in [9.17, 15) is 9.59 Å². The summed E-state index contributed by atoms with van der Waals surface area (Å²) in [5, 5.41) is 0. The summed E-state index contributed by atoms with van der Waals surface area (Å²) in [6.45, 7) is 18.4. The number of carbonyl (C=O) groups is 2. The number of aryl methyl sites for hydroxylation is 1. The molecule has 2 heteroatoms. The zero-order valence-electron chi connectivity index (χ0n) is 18.6. The first-order valence-corrected chi connectivity index (χ1v) is 10.4. The van der Waals surface area contributed by atoms with Crippen molar-refractivity contribution in [1.82, 2.24) is 0 Å². The Hall–Kier alpha value is -1.70. The Morgan fingerprint density at radius 2 is 1.56 bits per heavy atom. The zero-order valence-corrected chi connectivity index (χ0v) is 18.6. The van der Waals surface area contributed by atoms with Gasteiger partial charge in [-0.2, -0.15) is 0 Å². The summed E-state index contributed by atoms with van der Waals surface area (Å²) < 4.78 is 0. The highest BCUT2D eigenvalue weighted by Crippen LogP contribution is 2.23. The van der Waals surface area contributed by atoms with E-state index in [0.29, 0.717) is 25.2 Å². The van der Waals surface area contributed by atoms with Crippen molar-refractivity contribution in [2.45, 2.75) is 80.6 Å². The largest absolute Gasteiger partial charge is 0.300 e. The van der Waals surface area contributed by atoms with Crippen molar-refractivity contribution in [1.29, 1.82) is 0 Å². The number of Topliss-reactive ketones (excluding diaryl/α,β-unsaturated/α-hetero) is 2. The van der Waals surface area contributed by atoms with E-state index < -0.39 is 0 Å². The summed E-state index contributed by atoms with van der Waals surface area (Å²) in [5.74, 6) is 1.12. The van der Waals surface area contributed by atoms with Crippen molar-refractivity contribution in [3.05, 3.63) is 47.5 Å². The average Bonchev–Trinajstić information content (AvgIpc) is 2.62. The van der Waals surface area contributed by atoms with Gasteiger partial charge in [0.15, 0.2) is 0 Å². The van der Waals surface area contributed by atoms with E-state index in [1.54, 1.807) is 0 Å². The van der Waals surface area contributed by atoms with Crippen LogP contribution in [0.25, 0.3) is 0 Å². The Kier molecular flexibility index (Phi) is 12.6. The van der Waals surface area contributed by atoms with Crippen LogP contribution in [-0.2, 0) is 16.0 Å². The zero-order chi connectivity index (χ0) is 21.0. The van der Waals surface area contributed by atoms with E-state index in [1.165, 1.54) is 11.1 Å². The van der Waals surface area contributed by atoms with Crippen LogP contribution in [0.1, 0.15) is 78.4 Å². The highest BCUT2D eigenvalue weighted by Gasteiger charge is 2.19. The van der Waals surface area contributed by atoms with Crippen LogP contribution < -0.4 is 0 Å². The molecule has 0 radical (unpaired) electrons. The van der Waals surface area contributed by atoms with Gasteiger partial charge in [-0.25, -0.2) is 0 Å². The molecule has 0 unspecified atom stereocenters. The van der Waals surface area contributed by atoms with Gasteiger partial charge in [-0.3, -0.25) is 9.59 Å². The molecule has 0 heterocycles. The van der Waals surface area contributed by atoms with Crippen LogP contribution >= 0.6 is 0 Å². The maximum absolute atomic E-state index is 12.3. The highest BCUT2D eigenvalue weighted by molar-refractivity contribution is 5.87. The number of hydrogen-bond acceptors (Lipinski definition) is 2. The fraction of sp³-hybridized carbons (Fsp3) is 0.600. The number of hydrogen-bond donors (Lipinski definition) is 0. The molecule has 2 atom stereocenters. The lowest BCUT2D eigenvalue weighted by atomic mass is 9.86. The Bertz CT molecular complexity index is 581. The van der Waals surface area contributed by atoms with E-state index in [-0.39, 0.29) is 23.4 Å².